The van der Waals surface area contributed by atoms with Gasteiger partial charge in [0, 0.05) is 5.69 Å². The summed E-state index contributed by atoms with van der Waals surface area (Å²) in [6.07, 6.45) is 1.60. The molecule has 0 unspecified atom stereocenters. The van der Waals surface area contributed by atoms with Crippen LogP contribution in [0.4, 0.5) is 14.9 Å². The molecule has 3 aromatic carbocycles. The van der Waals surface area contributed by atoms with Crippen molar-refractivity contribution < 1.29 is 23.5 Å². The normalized spacial score (nSPS) is 14.5. The first-order chi connectivity index (χ1) is 16.8. The summed E-state index contributed by atoms with van der Waals surface area (Å²) in [5, 5.41) is 2.23. The van der Waals surface area contributed by atoms with Crippen molar-refractivity contribution in [1.82, 2.24) is 4.90 Å². The van der Waals surface area contributed by atoms with E-state index in [2.05, 4.69) is 21.2 Å². The lowest BCUT2D eigenvalue weighted by Crippen LogP contribution is -2.36. The van der Waals surface area contributed by atoms with Gasteiger partial charge >= 0.3 is 0 Å². The van der Waals surface area contributed by atoms with Gasteiger partial charge in [-0.3, -0.25) is 19.3 Å². The van der Waals surface area contributed by atoms with Gasteiger partial charge in [-0.1, -0.05) is 36.4 Å². The quantitative estimate of drug-likeness (QED) is 0.354. The van der Waals surface area contributed by atoms with Crippen LogP contribution in [0.2, 0.25) is 0 Å². The minimum atomic E-state index is -0.521. The molecule has 35 heavy (non-hydrogen) atoms. The van der Waals surface area contributed by atoms with Gasteiger partial charge in [-0.05, 0) is 87.7 Å². The van der Waals surface area contributed by atoms with Crippen LogP contribution in [0.3, 0.4) is 0 Å². The number of hydrogen-bond donors (Lipinski definition) is 1. The van der Waals surface area contributed by atoms with E-state index >= 15 is 0 Å². The number of nitrogens with zero attached hydrogens (tertiary/aromatic N) is 1. The van der Waals surface area contributed by atoms with Crippen LogP contribution in [-0.4, -0.2) is 28.5 Å². The number of benzene rings is 3. The summed E-state index contributed by atoms with van der Waals surface area (Å²) in [5.74, 6) is -0.705. The molecule has 3 aromatic rings. The van der Waals surface area contributed by atoms with E-state index in [1.165, 1.54) is 12.1 Å². The van der Waals surface area contributed by atoms with E-state index in [0.29, 0.717) is 21.5 Å². The molecule has 0 bridgehead atoms. The molecule has 0 aliphatic carbocycles. The molecule has 6 nitrogen and oxygen atoms in total. The Balaban J connectivity index is 1.40. The fourth-order valence-electron chi connectivity index (χ4n) is 3.30. The van der Waals surface area contributed by atoms with Crippen LogP contribution >= 0.6 is 27.7 Å². The molecule has 0 spiro atoms. The average molecular weight is 555 g/mol. The Kier molecular flexibility index (Phi) is 7.67. The molecule has 0 atom stereocenters. The second kappa shape index (κ2) is 10.9. The van der Waals surface area contributed by atoms with Crippen LogP contribution in [0.15, 0.2) is 76.1 Å². The summed E-state index contributed by atoms with van der Waals surface area (Å²) < 4.78 is 19.5. The first kappa shape index (κ1) is 24.7. The van der Waals surface area contributed by atoms with Gasteiger partial charge in [0.2, 0.25) is 5.91 Å². The Morgan fingerprint density at radius 1 is 1.11 bits per heavy atom. The molecular formula is C26H20BrFN2O4S. The number of thioether (sulfide) groups is 1. The van der Waals surface area contributed by atoms with E-state index in [-0.39, 0.29) is 23.9 Å². The fourth-order valence-corrected chi connectivity index (χ4v) is 4.65. The summed E-state index contributed by atoms with van der Waals surface area (Å²) in [5.41, 5.74) is 3.01. The SMILES string of the molecule is Cc1ccccc1NC(=O)CN1C(=O)S/C(=C\c2ccc(OCc3ccc(F)cc3)c(Br)c2)C1=O. The van der Waals surface area contributed by atoms with Gasteiger partial charge in [0.25, 0.3) is 11.1 Å². The third-order valence-corrected chi connectivity index (χ3v) is 6.68. The second-order valence-corrected chi connectivity index (χ2v) is 9.58. The van der Waals surface area contributed by atoms with Gasteiger partial charge in [-0.2, -0.15) is 0 Å². The summed E-state index contributed by atoms with van der Waals surface area (Å²) >= 11 is 4.24. The monoisotopic (exact) mass is 554 g/mol. The van der Waals surface area contributed by atoms with Crippen molar-refractivity contribution in [3.63, 3.8) is 0 Å². The maximum absolute atomic E-state index is 13.0. The molecule has 1 aliphatic rings. The Hall–Kier alpha value is -3.43. The standard InChI is InChI=1S/C26H20BrFN2O4S/c1-16-4-2-3-5-21(16)29-24(31)14-30-25(32)23(35-26(30)33)13-18-8-11-22(20(27)12-18)34-15-17-6-9-19(28)10-7-17/h2-13H,14-15H2,1H3,(H,29,31)/b23-13-. The highest BCUT2D eigenvalue weighted by molar-refractivity contribution is 9.10. The van der Waals surface area contributed by atoms with Gasteiger partial charge in [-0.15, -0.1) is 0 Å². The number of amides is 3. The Morgan fingerprint density at radius 3 is 2.57 bits per heavy atom. The van der Waals surface area contributed by atoms with E-state index in [1.54, 1.807) is 48.5 Å². The summed E-state index contributed by atoms with van der Waals surface area (Å²) in [4.78, 5) is 38.8. The molecule has 178 valence electrons. The minimum Gasteiger partial charge on any atom is -0.488 e. The predicted octanol–water partition coefficient (Wildman–Crippen LogP) is 6.15. The third kappa shape index (κ3) is 6.17. The van der Waals surface area contributed by atoms with Gasteiger partial charge in [0.15, 0.2) is 0 Å². The lowest BCUT2D eigenvalue weighted by molar-refractivity contribution is -0.127. The Morgan fingerprint density at radius 2 is 1.86 bits per heavy atom. The lowest BCUT2D eigenvalue weighted by atomic mass is 10.2. The molecule has 1 saturated heterocycles. The molecule has 1 fully saturated rings. The number of aryl methyl sites for hydroxylation is 1. The predicted molar refractivity (Wildman–Crippen MR) is 137 cm³/mol. The maximum Gasteiger partial charge on any atom is 0.294 e. The summed E-state index contributed by atoms with van der Waals surface area (Å²) in [6, 6.07) is 18.6. The molecule has 9 heteroatoms. The number of nitrogens with one attached hydrogen (secondary N) is 1. The number of carbonyl (C=O) groups excluding carboxylic acids is 3. The first-order valence-electron chi connectivity index (χ1n) is 10.6. The van der Waals surface area contributed by atoms with Crippen LogP contribution in [0.25, 0.3) is 6.08 Å². The third-order valence-electron chi connectivity index (χ3n) is 5.16. The molecule has 1 heterocycles. The molecule has 0 radical (unpaired) electrons. The zero-order chi connectivity index (χ0) is 24.9. The van der Waals surface area contributed by atoms with Crippen molar-refractivity contribution in [3.05, 3.63) is 98.6 Å². The number of ether oxygens (including phenoxy) is 1. The van der Waals surface area contributed by atoms with Gasteiger partial charge < -0.3 is 10.1 Å². The van der Waals surface area contributed by atoms with Crippen molar-refractivity contribution in [2.45, 2.75) is 13.5 Å². The number of carbonyl (C=O) groups is 3. The zero-order valence-electron chi connectivity index (χ0n) is 18.6. The smallest absolute Gasteiger partial charge is 0.294 e. The number of hydrogen-bond acceptors (Lipinski definition) is 5. The number of imide groups is 1. The van der Waals surface area contributed by atoms with Crippen molar-refractivity contribution in [3.8, 4) is 5.75 Å². The van der Waals surface area contributed by atoms with Crippen LogP contribution in [0.1, 0.15) is 16.7 Å². The van der Waals surface area contributed by atoms with E-state index in [9.17, 15) is 18.8 Å². The average Bonchev–Trinajstić information content (AvgIpc) is 3.08. The summed E-state index contributed by atoms with van der Waals surface area (Å²) in [6.45, 7) is 1.76. The Labute approximate surface area is 214 Å². The highest BCUT2D eigenvalue weighted by Gasteiger charge is 2.36. The largest absolute Gasteiger partial charge is 0.488 e. The van der Waals surface area contributed by atoms with Crippen molar-refractivity contribution in [1.29, 1.82) is 0 Å². The fraction of sp³-hybridized carbons (Fsp3) is 0.115. The van der Waals surface area contributed by atoms with Gasteiger partial charge in [-0.25, -0.2) is 4.39 Å². The van der Waals surface area contributed by atoms with Crippen LogP contribution in [-0.2, 0) is 16.2 Å². The van der Waals surface area contributed by atoms with Crippen molar-refractivity contribution >= 4 is 56.5 Å². The molecule has 1 aliphatic heterocycles. The first-order valence-corrected chi connectivity index (χ1v) is 12.2. The van der Waals surface area contributed by atoms with Crippen molar-refractivity contribution in [2.75, 3.05) is 11.9 Å². The van der Waals surface area contributed by atoms with E-state index in [1.807, 2.05) is 19.1 Å². The molecule has 1 N–H and O–H groups in total. The zero-order valence-corrected chi connectivity index (χ0v) is 21.0. The Bertz CT molecular complexity index is 1330. The van der Waals surface area contributed by atoms with Crippen LogP contribution in [0.5, 0.6) is 5.75 Å². The van der Waals surface area contributed by atoms with Crippen LogP contribution in [0, 0.1) is 12.7 Å². The van der Waals surface area contributed by atoms with Crippen molar-refractivity contribution in [2.24, 2.45) is 0 Å². The second-order valence-electron chi connectivity index (χ2n) is 7.74. The van der Waals surface area contributed by atoms with E-state index in [0.717, 1.165) is 27.8 Å². The maximum atomic E-state index is 13.0. The minimum absolute atomic E-state index is 0.227. The van der Waals surface area contributed by atoms with E-state index < -0.39 is 17.1 Å². The molecule has 0 aromatic heterocycles. The number of halogens is 2. The molecule has 3 amide bonds. The van der Waals surface area contributed by atoms with Gasteiger partial charge in [0.05, 0.1) is 9.38 Å². The molecule has 0 saturated carbocycles. The van der Waals surface area contributed by atoms with E-state index in [4.69, 9.17) is 4.74 Å². The van der Waals surface area contributed by atoms with Gasteiger partial charge in [0.1, 0.15) is 24.7 Å². The highest BCUT2D eigenvalue weighted by atomic mass is 79.9. The van der Waals surface area contributed by atoms with Crippen LogP contribution < -0.4 is 10.1 Å². The topological polar surface area (TPSA) is 75.7 Å². The number of anilines is 1. The highest BCUT2D eigenvalue weighted by Crippen LogP contribution is 2.34. The number of para-hydroxylation sites is 1. The molecule has 4 rings (SSSR count). The number of rotatable bonds is 7. The molecular weight excluding hydrogens is 535 g/mol. The summed E-state index contributed by atoms with van der Waals surface area (Å²) in [7, 11) is 0. The lowest BCUT2D eigenvalue weighted by Gasteiger charge is -2.13.